The molecule has 0 aliphatic rings. The molecule has 0 saturated heterocycles. The van der Waals surface area contributed by atoms with Crippen LogP contribution >= 0.6 is 0 Å². The van der Waals surface area contributed by atoms with Gasteiger partial charge in [0.25, 0.3) is 10.0 Å². The minimum absolute atomic E-state index is 0.0861. The van der Waals surface area contributed by atoms with E-state index >= 15 is 0 Å². The number of fused-ring (bicyclic) bond motifs is 1. The van der Waals surface area contributed by atoms with Crippen molar-refractivity contribution in [2.24, 2.45) is 0 Å². The van der Waals surface area contributed by atoms with Crippen LogP contribution in [0.15, 0.2) is 78.1 Å². The van der Waals surface area contributed by atoms with Crippen LogP contribution in [0.4, 0.5) is 5.69 Å². The van der Waals surface area contributed by atoms with Crippen LogP contribution in [0.1, 0.15) is 0 Å². The van der Waals surface area contributed by atoms with Gasteiger partial charge in [0.05, 0.1) is 12.8 Å². The Hall–Kier alpha value is -3.39. The molecule has 0 radical (unpaired) electrons. The first-order valence-corrected chi connectivity index (χ1v) is 9.61. The second-order valence-corrected chi connectivity index (χ2v) is 7.44. The van der Waals surface area contributed by atoms with Crippen molar-refractivity contribution in [3.63, 3.8) is 0 Å². The topological polar surface area (TPSA) is 85.6 Å². The molecule has 0 unspecified atom stereocenters. The maximum atomic E-state index is 12.6. The maximum absolute atomic E-state index is 12.6. The van der Waals surface area contributed by atoms with Gasteiger partial charge in [0, 0.05) is 29.8 Å². The van der Waals surface area contributed by atoms with Crippen molar-refractivity contribution in [2.75, 3.05) is 11.8 Å². The number of rotatable bonds is 5. The quantitative estimate of drug-likeness (QED) is 0.575. The predicted molar refractivity (Wildman–Crippen MR) is 102 cm³/mol. The molecule has 7 nitrogen and oxygen atoms in total. The Morgan fingerprint density at radius 3 is 2.56 bits per heavy atom. The molecule has 0 amide bonds. The number of hydrogen-bond acceptors (Lipinski definition) is 5. The number of anilines is 1. The summed E-state index contributed by atoms with van der Waals surface area (Å²) in [7, 11) is -2.32. The van der Waals surface area contributed by atoms with Crippen molar-refractivity contribution in [2.45, 2.75) is 4.90 Å². The molecule has 1 N–H and O–H groups in total. The zero-order valence-electron chi connectivity index (χ0n) is 14.4. The molecular formula is C19H16N4O3S. The number of sulfonamides is 1. The Morgan fingerprint density at radius 1 is 1.04 bits per heavy atom. The molecule has 0 aliphatic heterocycles. The lowest BCUT2D eigenvalue weighted by Crippen LogP contribution is -2.13. The fraction of sp³-hybridized carbons (Fsp3) is 0.0526. The van der Waals surface area contributed by atoms with Crippen LogP contribution in [0.3, 0.4) is 0 Å². The molecule has 2 heterocycles. The number of nitrogens with zero attached hydrogens (tertiary/aromatic N) is 3. The number of benzene rings is 2. The zero-order chi connectivity index (χ0) is 18.9. The average molecular weight is 380 g/mol. The monoisotopic (exact) mass is 380 g/mol. The molecule has 0 bridgehead atoms. The Bertz CT molecular complexity index is 1170. The van der Waals surface area contributed by atoms with Crippen LogP contribution in [0.5, 0.6) is 5.75 Å². The summed E-state index contributed by atoms with van der Waals surface area (Å²) in [6.07, 6.45) is 5.42. The SMILES string of the molecule is COc1ccccc1S(=O)(=O)Nc1ccc(-c2cn3cccnc3n2)cc1. The molecule has 0 spiro atoms. The molecule has 2 aromatic heterocycles. The second kappa shape index (κ2) is 6.73. The highest BCUT2D eigenvalue weighted by Crippen LogP contribution is 2.26. The molecular weight excluding hydrogens is 364 g/mol. The van der Waals surface area contributed by atoms with Gasteiger partial charge in [0.1, 0.15) is 10.6 Å². The smallest absolute Gasteiger partial charge is 0.265 e. The summed E-state index contributed by atoms with van der Waals surface area (Å²) in [5, 5.41) is 0. The second-order valence-electron chi connectivity index (χ2n) is 5.79. The molecule has 0 aliphatic carbocycles. The van der Waals surface area contributed by atoms with E-state index in [2.05, 4.69) is 14.7 Å². The first-order chi connectivity index (χ1) is 13.1. The fourth-order valence-electron chi connectivity index (χ4n) is 2.73. The van der Waals surface area contributed by atoms with Gasteiger partial charge in [0.2, 0.25) is 5.78 Å². The third kappa shape index (κ3) is 3.34. The molecule has 0 fully saturated rings. The molecule has 2 aromatic carbocycles. The summed E-state index contributed by atoms with van der Waals surface area (Å²) >= 11 is 0. The number of aromatic nitrogens is 3. The summed E-state index contributed by atoms with van der Waals surface area (Å²) in [5.41, 5.74) is 2.07. The summed E-state index contributed by atoms with van der Waals surface area (Å²) in [4.78, 5) is 8.73. The normalized spacial score (nSPS) is 11.4. The van der Waals surface area contributed by atoms with Crippen LogP contribution in [0.25, 0.3) is 17.0 Å². The minimum atomic E-state index is -3.76. The van der Waals surface area contributed by atoms with E-state index < -0.39 is 10.0 Å². The number of ether oxygens (including phenoxy) is 1. The maximum Gasteiger partial charge on any atom is 0.265 e. The lowest BCUT2D eigenvalue weighted by molar-refractivity contribution is 0.403. The molecule has 0 atom stereocenters. The highest BCUT2D eigenvalue weighted by Gasteiger charge is 2.19. The molecule has 4 rings (SSSR count). The lowest BCUT2D eigenvalue weighted by Gasteiger charge is -2.11. The van der Waals surface area contributed by atoms with Gasteiger partial charge in [-0.15, -0.1) is 0 Å². The van der Waals surface area contributed by atoms with Crippen molar-refractivity contribution in [1.82, 2.24) is 14.4 Å². The Labute approximate surface area is 156 Å². The molecule has 8 heteroatoms. The predicted octanol–water partition coefficient (Wildman–Crippen LogP) is 3.21. The van der Waals surface area contributed by atoms with Crippen LogP contribution < -0.4 is 9.46 Å². The first kappa shape index (κ1) is 17.0. The highest BCUT2D eigenvalue weighted by atomic mass is 32.2. The third-order valence-electron chi connectivity index (χ3n) is 4.03. The summed E-state index contributed by atoms with van der Waals surface area (Å²) in [6.45, 7) is 0. The van der Waals surface area contributed by atoms with E-state index in [9.17, 15) is 8.42 Å². The van der Waals surface area contributed by atoms with Gasteiger partial charge >= 0.3 is 0 Å². The van der Waals surface area contributed by atoms with E-state index in [0.29, 0.717) is 17.2 Å². The molecule has 27 heavy (non-hydrogen) atoms. The van der Waals surface area contributed by atoms with Gasteiger partial charge in [-0.2, -0.15) is 0 Å². The Morgan fingerprint density at radius 2 is 1.81 bits per heavy atom. The van der Waals surface area contributed by atoms with Crippen LogP contribution in [-0.2, 0) is 10.0 Å². The molecule has 4 aromatic rings. The number of para-hydroxylation sites is 1. The number of imidazole rings is 1. The molecule has 0 saturated carbocycles. The van der Waals surface area contributed by atoms with Crippen LogP contribution in [0.2, 0.25) is 0 Å². The van der Waals surface area contributed by atoms with E-state index in [1.54, 1.807) is 36.5 Å². The number of hydrogen-bond donors (Lipinski definition) is 1. The van der Waals surface area contributed by atoms with Gasteiger partial charge in [-0.3, -0.25) is 9.12 Å². The third-order valence-corrected chi connectivity index (χ3v) is 5.45. The van der Waals surface area contributed by atoms with Crippen molar-refractivity contribution >= 4 is 21.5 Å². The first-order valence-electron chi connectivity index (χ1n) is 8.13. The standard InChI is InChI=1S/C19H16N4O3S/c1-26-17-5-2-3-6-18(17)27(24,25)22-15-9-7-14(8-10-15)16-13-23-12-4-11-20-19(23)21-16/h2-13,22H,1H3. The zero-order valence-corrected chi connectivity index (χ0v) is 15.2. The van der Waals surface area contributed by atoms with Gasteiger partial charge in [-0.1, -0.05) is 24.3 Å². The van der Waals surface area contributed by atoms with Crippen molar-refractivity contribution in [3.8, 4) is 17.0 Å². The van der Waals surface area contributed by atoms with E-state index in [1.807, 2.05) is 35.0 Å². The largest absolute Gasteiger partial charge is 0.495 e. The Balaban J connectivity index is 1.60. The number of methoxy groups -OCH3 is 1. The summed E-state index contributed by atoms with van der Waals surface area (Å²) < 4.78 is 34.8. The van der Waals surface area contributed by atoms with Crippen molar-refractivity contribution in [1.29, 1.82) is 0 Å². The average Bonchev–Trinajstić information content (AvgIpc) is 3.12. The van der Waals surface area contributed by atoms with Crippen molar-refractivity contribution in [3.05, 3.63) is 73.2 Å². The lowest BCUT2D eigenvalue weighted by atomic mass is 10.1. The number of nitrogens with one attached hydrogen (secondary N) is 1. The summed E-state index contributed by atoms with van der Waals surface area (Å²) in [6, 6.07) is 15.3. The van der Waals surface area contributed by atoms with Gasteiger partial charge < -0.3 is 4.74 Å². The summed E-state index contributed by atoms with van der Waals surface area (Å²) in [5.74, 6) is 0.896. The fourth-order valence-corrected chi connectivity index (χ4v) is 3.96. The minimum Gasteiger partial charge on any atom is -0.495 e. The Kier molecular flexibility index (Phi) is 4.25. The van der Waals surface area contributed by atoms with Crippen molar-refractivity contribution < 1.29 is 13.2 Å². The van der Waals surface area contributed by atoms with E-state index in [1.165, 1.54) is 13.2 Å². The van der Waals surface area contributed by atoms with Crippen LogP contribution in [-0.4, -0.2) is 29.9 Å². The van der Waals surface area contributed by atoms with E-state index in [4.69, 9.17) is 4.74 Å². The van der Waals surface area contributed by atoms with E-state index in [0.717, 1.165) is 11.3 Å². The van der Waals surface area contributed by atoms with Gasteiger partial charge in [-0.05, 0) is 30.3 Å². The van der Waals surface area contributed by atoms with E-state index in [-0.39, 0.29) is 4.90 Å². The highest BCUT2D eigenvalue weighted by molar-refractivity contribution is 7.92. The van der Waals surface area contributed by atoms with Gasteiger partial charge in [0.15, 0.2) is 0 Å². The van der Waals surface area contributed by atoms with Crippen LogP contribution in [0, 0.1) is 0 Å². The molecule has 136 valence electrons. The van der Waals surface area contributed by atoms with Gasteiger partial charge in [-0.25, -0.2) is 18.4 Å².